The highest BCUT2D eigenvalue weighted by Gasteiger charge is 2.19. The van der Waals surface area contributed by atoms with E-state index in [1.807, 2.05) is 11.8 Å². The summed E-state index contributed by atoms with van der Waals surface area (Å²) in [5, 5.41) is 5.96. The molecule has 1 atom stereocenters. The maximum absolute atomic E-state index is 11.5. The zero-order valence-corrected chi connectivity index (χ0v) is 10.5. The van der Waals surface area contributed by atoms with E-state index in [9.17, 15) is 4.79 Å². The smallest absolute Gasteiger partial charge is 0.315 e. The summed E-state index contributed by atoms with van der Waals surface area (Å²) in [6, 6.07) is 0.722. The highest BCUT2D eigenvalue weighted by Crippen LogP contribution is 2.17. The molecule has 15 heavy (non-hydrogen) atoms. The fourth-order valence-corrected chi connectivity index (χ4v) is 2.29. The monoisotopic (exact) mass is 230 g/mol. The second-order valence-electron chi connectivity index (χ2n) is 4.13. The van der Waals surface area contributed by atoms with Gasteiger partial charge in [0.15, 0.2) is 0 Å². The highest BCUT2D eigenvalue weighted by molar-refractivity contribution is 7.99. The number of thioether (sulfide) groups is 1. The number of nitrogens with one attached hydrogen (secondary N) is 2. The molecule has 1 aliphatic carbocycles. The van der Waals surface area contributed by atoms with E-state index in [0.29, 0.717) is 6.04 Å². The van der Waals surface area contributed by atoms with Gasteiger partial charge in [0.25, 0.3) is 0 Å². The van der Waals surface area contributed by atoms with Crippen LogP contribution in [0.5, 0.6) is 0 Å². The molecular formula is C11H22N2OS. The topological polar surface area (TPSA) is 41.1 Å². The minimum atomic E-state index is 0.00805. The van der Waals surface area contributed by atoms with E-state index < -0.39 is 0 Å². The molecule has 0 aliphatic heterocycles. The van der Waals surface area contributed by atoms with E-state index in [4.69, 9.17) is 0 Å². The van der Waals surface area contributed by atoms with E-state index in [-0.39, 0.29) is 12.1 Å². The average molecular weight is 230 g/mol. The van der Waals surface area contributed by atoms with Crippen molar-refractivity contribution in [3.8, 4) is 0 Å². The van der Waals surface area contributed by atoms with Crippen LogP contribution < -0.4 is 10.6 Å². The Labute approximate surface area is 96.8 Å². The number of amides is 2. The minimum Gasteiger partial charge on any atom is -0.336 e. The molecule has 4 heteroatoms. The number of hydrogen-bond acceptors (Lipinski definition) is 2. The first kappa shape index (κ1) is 12.7. The van der Waals surface area contributed by atoms with Crippen molar-refractivity contribution in [1.29, 1.82) is 0 Å². The van der Waals surface area contributed by atoms with Crippen molar-refractivity contribution in [2.75, 3.05) is 11.5 Å². The fourth-order valence-electron chi connectivity index (χ4n) is 1.48. The lowest BCUT2D eigenvalue weighted by molar-refractivity contribution is 0.225. The van der Waals surface area contributed by atoms with E-state index >= 15 is 0 Å². The van der Waals surface area contributed by atoms with Crippen LogP contribution in [0.1, 0.15) is 39.5 Å². The molecule has 0 aromatic heterocycles. The third-order valence-electron chi connectivity index (χ3n) is 2.72. The van der Waals surface area contributed by atoms with Crippen molar-refractivity contribution in [2.45, 2.75) is 51.6 Å². The van der Waals surface area contributed by atoms with Crippen molar-refractivity contribution in [3.05, 3.63) is 0 Å². The standard InChI is InChI=1S/C11H22N2OS/c1-3-15-8-7-9(2)12-11(14)13-10-5-4-6-10/h9-10H,3-8H2,1-2H3,(H2,12,13,14). The second kappa shape index (κ2) is 6.99. The molecule has 1 aliphatic rings. The van der Waals surface area contributed by atoms with Crippen LogP contribution in [0.3, 0.4) is 0 Å². The summed E-state index contributed by atoms with van der Waals surface area (Å²) < 4.78 is 0. The fraction of sp³-hybridized carbons (Fsp3) is 0.909. The summed E-state index contributed by atoms with van der Waals surface area (Å²) in [4.78, 5) is 11.5. The van der Waals surface area contributed by atoms with Crippen molar-refractivity contribution in [1.82, 2.24) is 10.6 Å². The molecule has 1 unspecified atom stereocenters. The van der Waals surface area contributed by atoms with Crippen LogP contribution in [0.2, 0.25) is 0 Å². The molecule has 1 fully saturated rings. The van der Waals surface area contributed by atoms with E-state index in [1.54, 1.807) is 0 Å². The molecule has 0 aromatic rings. The normalized spacial score (nSPS) is 18.0. The number of rotatable bonds is 6. The molecule has 2 N–H and O–H groups in total. The molecule has 88 valence electrons. The Morgan fingerprint density at radius 3 is 2.80 bits per heavy atom. The lowest BCUT2D eigenvalue weighted by Crippen LogP contribution is -2.47. The van der Waals surface area contributed by atoms with Crippen LogP contribution in [0.15, 0.2) is 0 Å². The van der Waals surface area contributed by atoms with Crippen LogP contribution in [0.4, 0.5) is 4.79 Å². The van der Waals surface area contributed by atoms with Crippen molar-refractivity contribution in [2.24, 2.45) is 0 Å². The van der Waals surface area contributed by atoms with Gasteiger partial charge >= 0.3 is 6.03 Å². The number of hydrogen-bond donors (Lipinski definition) is 2. The van der Waals surface area contributed by atoms with Crippen molar-refractivity contribution in [3.63, 3.8) is 0 Å². The van der Waals surface area contributed by atoms with Crippen molar-refractivity contribution >= 4 is 17.8 Å². The average Bonchev–Trinajstić information content (AvgIpc) is 2.12. The first-order valence-electron chi connectivity index (χ1n) is 5.87. The predicted octanol–water partition coefficient (Wildman–Crippen LogP) is 2.37. The summed E-state index contributed by atoms with van der Waals surface area (Å²) in [7, 11) is 0. The number of urea groups is 1. The van der Waals surface area contributed by atoms with E-state index in [0.717, 1.165) is 30.8 Å². The summed E-state index contributed by atoms with van der Waals surface area (Å²) >= 11 is 1.92. The third-order valence-corrected chi connectivity index (χ3v) is 3.65. The second-order valence-corrected chi connectivity index (χ2v) is 5.53. The van der Waals surface area contributed by atoms with Gasteiger partial charge in [-0.1, -0.05) is 6.92 Å². The van der Waals surface area contributed by atoms with Gasteiger partial charge in [0.05, 0.1) is 0 Å². The lowest BCUT2D eigenvalue weighted by atomic mass is 9.93. The molecule has 1 saturated carbocycles. The zero-order valence-electron chi connectivity index (χ0n) is 9.71. The predicted molar refractivity (Wildman–Crippen MR) is 66.4 cm³/mol. The van der Waals surface area contributed by atoms with Gasteiger partial charge < -0.3 is 10.6 Å². The molecular weight excluding hydrogens is 208 g/mol. The van der Waals surface area contributed by atoms with Crippen LogP contribution in [-0.4, -0.2) is 29.6 Å². The lowest BCUT2D eigenvalue weighted by Gasteiger charge is -2.27. The maximum atomic E-state index is 11.5. The molecule has 2 amide bonds. The quantitative estimate of drug-likeness (QED) is 0.688. The molecule has 0 bridgehead atoms. The Balaban J connectivity index is 2.02. The Morgan fingerprint density at radius 1 is 1.53 bits per heavy atom. The maximum Gasteiger partial charge on any atom is 0.315 e. The summed E-state index contributed by atoms with van der Waals surface area (Å²) in [5.74, 6) is 2.28. The summed E-state index contributed by atoms with van der Waals surface area (Å²) in [5.41, 5.74) is 0. The summed E-state index contributed by atoms with van der Waals surface area (Å²) in [6.45, 7) is 4.22. The molecule has 0 aromatic carbocycles. The van der Waals surface area contributed by atoms with Gasteiger partial charge in [0, 0.05) is 12.1 Å². The molecule has 0 saturated heterocycles. The zero-order chi connectivity index (χ0) is 11.1. The van der Waals surface area contributed by atoms with E-state index in [2.05, 4.69) is 24.5 Å². The van der Waals surface area contributed by atoms with Crippen LogP contribution in [-0.2, 0) is 0 Å². The van der Waals surface area contributed by atoms with Crippen LogP contribution in [0.25, 0.3) is 0 Å². The van der Waals surface area contributed by atoms with Crippen LogP contribution >= 0.6 is 11.8 Å². The van der Waals surface area contributed by atoms with Gasteiger partial charge in [-0.05, 0) is 44.1 Å². The number of carbonyl (C=O) groups excluding carboxylic acids is 1. The first-order valence-corrected chi connectivity index (χ1v) is 7.02. The molecule has 0 spiro atoms. The largest absolute Gasteiger partial charge is 0.336 e. The number of carbonyl (C=O) groups is 1. The van der Waals surface area contributed by atoms with Gasteiger partial charge in [-0.25, -0.2) is 4.79 Å². The SMILES string of the molecule is CCSCCC(C)NC(=O)NC1CCC1. The van der Waals surface area contributed by atoms with Gasteiger partial charge in [-0.3, -0.25) is 0 Å². The molecule has 0 heterocycles. The minimum absolute atomic E-state index is 0.00805. The van der Waals surface area contributed by atoms with Gasteiger partial charge in [0.1, 0.15) is 0 Å². The Bertz CT molecular complexity index is 195. The van der Waals surface area contributed by atoms with Gasteiger partial charge in [-0.15, -0.1) is 0 Å². The highest BCUT2D eigenvalue weighted by atomic mass is 32.2. The molecule has 0 radical (unpaired) electrons. The van der Waals surface area contributed by atoms with Gasteiger partial charge in [0.2, 0.25) is 0 Å². The first-order chi connectivity index (χ1) is 7.22. The van der Waals surface area contributed by atoms with E-state index in [1.165, 1.54) is 6.42 Å². The van der Waals surface area contributed by atoms with Crippen LogP contribution in [0, 0.1) is 0 Å². The Kier molecular flexibility index (Phi) is 5.91. The Morgan fingerprint density at radius 2 is 2.27 bits per heavy atom. The van der Waals surface area contributed by atoms with Gasteiger partial charge in [-0.2, -0.15) is 11.8 Å². The third kappa shape index (κ3) is 5.30. The van der Waals surface area contributed by atoms with Crippen molar-refractivity contribution < 1.29 is 4.79 Å². The molecule has 1 rings (SSSR count). The Hall–Kier alpha value is -0.380. The molecule has 3 nitrogen and oxygen atoms in total. The summed E-state index contributed by atoms with van der Waals surface area (Å²) in [6.07, 6.45) is 4.60.